The molecule has 1 unspecified atom stereocenters. The Morgan fingerprint density at radius 2 is 2.27 bits per heavy atom. The first kappa shape index (κ1) is 14.6. The van der Waals surface area contributed by atoms with E-state index in [1.165, 1.54) is 10.6 Å². The molecule has 22 heavy (non-hydrogen) atoms. The molecule has 2 aromatic rings. The Balaban J connectivity index is 2.20. The number of aromatic amines is 1. The van der Waals surface area contributed by atoms with Crippen LogP contribution < -0.4 is 15.9 Å². The van der Waals surface area contributed by atoms with Gasteiger partial charge in [0.2, 0.25) is 0 Å². The summed E-state index contributed by atoms with van der Waals surface area (Å²) in [5.74, 6) is -0.0511. The molecule has 1 aliphatic rings. The average Bonchev–Trinajstić information content (AvgIpc) is 2.45. The second-order valence-corrected chi connectivity index (χ2v) is 5.34. The number of hydrogen-bond acceptors (Lipinski definition) is 5. The first-order valence-electron chi connectivity index (χ1n) is 6.77. The number of aromatic nitrogens is 2. The third kappa shape index (κ3) is 2.37. The lowest BCUT2D eigenvalue weighted by atomic mass is 10.1. The molecule has 1 aromatic carbocycles. The third-order valence-corrected chi connectivity index (χ3v) is 3.66. The largest absolute Gasteiger partial charge is 0.489 e. The van der Waals surface area contributed by atoms with Gasteiger partial charge in [-0.2, -0.15) is 0 Å². The molecule has 0 aliphatic carbocycles. The Labute approximate surface area is 129 Å². The summed E-state index contributed by atoms with van der Waals surface area (Å²) in [6, 6.07) is 2.51. The predicted molar refractivity (Wildman–Crippen MR) is 79.6 cm³/mol. The number of carbonyl (C=O) groups excluding carboxylic acids is 1. The molecule has 0 spiro atoms. The highest BCUT2D eigenvalue weighted by molar-refractivity contribution is 6.31. The fourth-order valence-corrected chi connectivity index (χ4v) is 2.79. The van der Waals surface area contributed by atoms with Crippen LogP contribution in [0.3, 0.4) is 0 Å². The van der Waals surface area contributed by atoms with E-state index in [4.69, 9.17) is 21.1 Å². The van der Waals surface area contributed by atoms with Crippen molar-refractivity contribution >= 4 is 28.6 Å². The van der Waals surface area contributed by atoms with Gasteiger partial charge in [-0.25, -0.2) is 0 Å². The Bertz CT molecular complexity index is 870. The zero-order valence-electron chi connectivity index (χ0n) is 11.7. The molecular formula is C14H13ClN2O5. The van der Waals surface area contributed by atoms with Crippen LogP contribution in [-0.4, -0.2) is 28.7 Å². The van der Waals surface area contributed by atoms with E-state index >= 15 is 0 Å². The maximum atomic E-state index is 12.2. The Kier molecular flexibility index (Phi) is 3.66. The molecule has 2 heterocycles. The molecule has 0 saturated carbocycles. The van der Waals surface area contributed by atoms with Gasteiger partial charge in [-0.3, -0.25) is 19.0 Å². The maximum Gasteiger partial charge on any atom is 0.317 e. The van der Waals surface area contributed by atoms with Crippen LogP contribution in [0.25, 0.3) is 11.0 Å². The van der Waals surface area contributed by atoms with E-state index in [0.717, 1.165) is 0 Å². The summed E-state index contributed by atoms with van der Waals surface area (Å²) in [6.45, 7) is 2.03. The first-order chi connectivity index (χ1) is 10.5. The smallest absolute Gasteiger partial charge is 0.317 e. The van der Waals surface area contributed by atoms with Crippen molar-refractivity contribution in [2.24, 2.45) is 0 Å². The van der Waals surface area contributed by atoms with Crippen LogP contribution in [0.15, 0.2) is 21.7 Å². The number of ether oxygens (including phenoxy) is 2. The topological polar surface area (TPSA) is 90.4 Å². The number of carbonyl (C=O) groups is 1. The second-order valence-electron chi connectivity index (χ2n) is 4.90. The van der Waals surface area contributed by atoms with Gasteiger partial charge in [-0.15, -0.1) is 0 Å². The van der Waals surface area contributed by atoms with Crippen molar-refractivity contribution < 1.29 is 14.3 Å². The molecule has 1 atom stereocenters. The van der Waals surface area contributed by atoms with Gasteiger partial charge in [-0.05, 0) is 13.0 Å². The number of esters is 1. The minimum atomic E-state index is -0.767. The van der Waals surface area contributed by atoms with Crippen molar-refractivity contribution in [3.05, 3.63) is 37.9 Å². The Morgan fingerprint density at radius 1 is 1.50 bits per heavy atom. The van der Waals surface area contributed by atoms with Crippen molar-refractivity contribution in [3.63, 3.8) is 0 Å². The van der Waals surface area contributed by atoms with Gasteiger partial charge in [0.05, 0.1) is 24.6 Å². The molecule has 1 aliphatic heterocycles. The number of hydrogen-bond donors (Lipinski definition) is 1. The van der Waals surface area contributed by atoms with E-state index in [9.17, 15) is 14.4 Å². The van der Waals surface area contributed by atoms with Gasteiger partial charge < -0.3 is 14.5 Å². The lowest BCUT2D eigenvalue weighted by molar-refractivity contribution is -0.144. The third-order valence-electron chi connectivity index (χ3n) is 3.45. The zero-order valence-corrected chi connectivity index (χ0v) is 12.5. The van der Waals surface area contributed by atoms with Crippen LogP contribution in [0.4, 0.5) is 0 Å². The van der Waals surface area contributed by atoms with Gasteiger partial charge in [0.25, 0.3) is 0 Å². The Morgan fingerprint density at radius 3 is 3.00 bits per heavy atom. The number of benzene rings is 1. The molecule has 8 heteroatoms. The number of nitrogens with zero attached hydrogens (tertiary/aromatic N) is 1. The van der Waals surface area contributed by atoms with Crippen LogP contribution in [0.2, 0.25) is 5.02 Å². The highest BCUT2D eigenvalue weighted by Crippen LogP contribution is 2.33. The summed E-state index contributed by atoms with van der Waals surface area (Å²) < 4.78 is 11.8. The number of rotatable bonds is 3. The molecule has 0 saturated heterocycles. The molecule has 116 valence electrons. The highest BCUT2D eigenvalue weighted by Gasteiger charge is 2.28. The predicted octanol–water partition coefficient (Wildman–Crippen LogP) is 1.23. The molecule has 0 amide bonds. The summed E-state index contributed by atoms with van der Waals surface area (Å²) in [6.07, 6.45) is -0.0473. The quantitative estimate of drug-likeness (QED) is 0.677. The van der Waals surface area contributed by atoms with E-state index in [-0.39, 0.29) is 19.6 Å². The summed E-state index contributed by atoms with van der Waals surface area (Å²) >= 11 is 5.97. The monoisotopic (exact) mass is 324 g/mol. The second kappa shape index (κ2) is 5.49. The lowest BCUT2D eigenvalue weighted by Gasteiger charge is -2.27. The standard InChI is InChI=1S/C14H13ClN2O5/c1-2-21-11(18)5-8-6-22-10-4-7(15)3-9-12(10)17(8)14(20)13(19)16-9/h3-4,8H,2,5-6H2,1H3,(H,16,19). The number of H-pyrrole nitrogens is 1. The maximum absolute atomic E-state index is 12.2. The first-order valence-corrected chi connectivity index (χ1v) is 7.15. The van der Waals surface area contributed by atoms with Crippen LogP contribution in [-0.2, 0) is 9.53 Å². The summed E-state index contributed by atoms with van der Waals surface area (Å²) in [5.41, 5.74) is -0.680. The lowest BCUT2D eigenvalue weighted by Crippen LogP contribution is -2.42. The molecule has 7 nitrogen and oxygen atoms in total. The molecule has 0 bridgehead atoms. The van der Waals surface area contributed by atoms with Crippen LogP contribution in [0.5, 0.6) is 5.75 Å². The fraction of sp³-hybridized carbons (Fsp3) is 0.357. The van der Waals surface area contributed by atoms with Crippen LogP contribution in [0.1, 0.15) is 19.4 Å². The molecular weight excluding hydrogens is 312 g/mol. The van der Waals surface area contributed by atoms with Gasteiger partial charge in [-0.1, -0.05) is 11.6 Å². The number of nitrogens with one attached hydrogen (secondary N) is 1. The minimum absolute atomic E-state index is 0.0473. The normalized spacial score (nSPS) is 16.4. The molecule has 0 fully saturated rings. The number of halogens is 1. The van der Waals surface area contributed by atoms with Crippen molar-refractivity contribution in [1.82, 2.24) is 9.55 Å². The van der Waals surface area contributed by atoms with Gasteiger partial charge in [0, 0.05) is 11.1 Å². The minimum Gasteiger partial charge on any atom is -0.489 e. The average molecular weight is 325 g/mol. The van der Waals surface area contributed by atoms with E-state index < -0.39 is 23.1 Å². The van der Waals surface area contributed by atoms with Crippen molar-refractivity contribution in [1.29, 1.82) is 0 Å². The van der Waals surface area contributed by atoms with Gasteiger partial charge in [0.15, 0.2) is 0 Å². The van der Waals surface area contributed by atoms with Crippen LogP contribution in [0, 0.1) is 0 Å². The van der Waals surface area contributed by atoms with Crippen molar-refractivity contribution in [3.8, 4) is 5.75 Å². The summed E-state index contributed by atoms with van der Waals surface area (Å²) in [5, 5.41) is 0.382. The Hall–Kier alpha value is -2.28. The molecule has 3 rings (SSSR count). The van der Waals surface area contributed by atoms with Crippen molar-refractivity contribution in [2.75, 3.05) is 13.2 Å². The van der Waals surface area contributed by atoms with E-state index in [1.807, 2.05) is 0 Å². The highest BCUT2D eigenvalue weighted by atomic mass is 35.5. The molecule has 0 radical (unpaired) electrons. The van der Waals surface area contributed by atoms with Crippen LogP contribution >= 0.6 is 11.6 Å². The van der Waals surface area contributed by atoms with Crippen molar-refractivity contribution in [2.45, 2.75) is 19.4 Å². The summed E-state index contributed by atoms with van der Waals surface area (Å²) in [7, 11) is 0. The van der Waals surface area contributed by atoms with E-state index in [0.29, 0.717) is 21.8 Å². The molecule has 1 N–H and O–H groups in total. The van der Waals surface area contributed by atoms with E-state index in [1.54, 1.807) is 13.0 Å². The van der Waals surface area contributed by atoms with Gasteiger partial charge >= 0.3 is 17.1 Å². The summed E-state index contributed by atoms with van der Waals surface area (Å²) in [4.78, 5) is 38.2. The van der Waals surface area contributed by atoms with Gasteiger partial charge in [0.1, 0.15) is 17.9 Å². The fourth-order valence-electron chi connectivity index (χ4n) is 2.59. The molecule has 1 aromatic heterocycles. The zero-order chi connectivity index (χ0) is 15.9. The SMILES string of the molecule is CCOC(=O)CC1COc2cc(Cl)cc3[nH]c(=O)c(=O)n1c23. The van der Waals surface area contributed by atoms with E-state index in [2.05, 4.69) is 4.98 Å².